The summed E-state index contributed by atoms with van der Waals surface area (Å²) in [7, 11) is 0. The van der Waals surface area contributed by atoms with Crippen LogP contribution in [-0.2, 0) is 0 Å². The summed E-state index contributed by atoms with van der Waals surface area (Å²) in [5.41, 5.74) is 13.1. The molecule has 9 aromatic carbocycles. The van der Waals surface area contributed by atoms with E-state index in [-0.39, 0.29) is 0 Å². The summed E-state index contributed by atoms with van der Waals surface area (Å²) in [6.45, 7) is 0. The average Bonchev–Trinajstić information content (AvgIpc) is 3.79. The zero-order chi connectivity index (χ0) is 36.3. The standard InChI is InChI=1S/C52H34N2O/c1-2-14-35(15-3-1)36-17-12-19-39(30-36)53(41-28-29-47-46-24-8-11-27-51(46)55-52(47)34-41)40-20-13-18-38(31-40)48-33-42(32-37-16-4-5-21-43(37)48)54-49-25-9-6-22-44(49)45-23-7-10-26-50(45)54/h1-34H. The van der Waals surface area contributed by atoms with E-state index in [0.717, 1.165) is 55.8 Å². The molecule has 0 saturated carbocycles. The molecular formula is C52H34N2O. The van der Waals surface area contributed by atoms with Crippen molar-refractivity contribution in [1.29, 1.82) is 0 Å². The van der Waals surface area contributed by atoms with E-state index in [1.54, 1.807) is 0 Å². The zero-order valence-electron chi connectivity index (χ0n) is 29.9. The lowest BCUT2D eigenvalue weighted by atomic mass is 9.96. The number of hydrogen-bond acceptors (Lipinski definition) is 2. The molecule has 0 atom stereocenters. The molecule has 0 spiro atoms. The monoisotopic (exact) mass is 702 g/mol. The van der Waals surface area contributed by atoms with E-state index in [0.29, 0.717) is 0 Å². The van der Waals surface area contributed by atoms with Gasteiger partial charge in [0.2, 0.25) is 0 Å². The fourth-order valence-corrected chi connectivity index (χ4v) is 8.43. The Morgan fingerprint density at radius 3 is 1.67 bits per heavy atom. The fraction of sp³-hybridized carbons (Fsp3) is 0. The first-order valence-electron chi connectivity index (χ1n) is 18.8. The van der Waals surface area contributed by atoms with Gasteiger partial charge in [-0.15, -0.1) is 0 Å². The van der Waals surface area contributed by atoms with Crippen LogP contribution in [0.3, 0.4) is 0 Å². The molecule has 2 aromatic heterocycles. The van der Waals surface area contributed by atoms with Gasteiger partial charge in [0, 0.05) is 50.4 Å². The molecule has 11 aromatic rings. The van der Waals surface area contributed by atoms with Crippen molar-refractivity contribution < 1.29 is 4.42 Å². The molecule has 0 aliphatic carbocycles. The Morgan fingerprint density at radius 2 is 0.909 bits per heavy atom. The molecule has 0 saturated heterocycles. The third-order valence-corrected chi connectivity index (χ3v) is 10.9. The number of fused-ring (bicyclic) bond motifs is 7. The number of hydrogen-bond donors (Lipinski definition) is 0. The second kappa shape index (κ2) is 12.6. The number of aromatic nitrogens is 1. The maximum absolute atomic E-state index is 6.43. The second-order valence-corrected chi connectivity index (χ2v) is 14.2. The van der Waals surface area contributed by atoms with Crippen molar-refractivity contribution in [1.82, 2.24) is 4.57 Å². The number of rotatable bonds is 6. The number of nitrogens with zero attached hydrogens (tertiary/aromatic N) is 2. The average molecular weight is 703 g/mol. The van der Waals surface area contributed by atoms with Gasteiger partial charge in [-0.1, -0.05) is 133 Å². The number of furan rings is 1. The Bertz CT molecular complexity index is 3170. The minimum atomic E-state index is 0.865. The van der Waals surface area contributed by atoms with Gasteiger partial charge in [0.25, 0.3) is 0 Å². The van der Waals surface area contributed by atoms with Crippen LogP contribution in [0.1, 0.15) is 0 Å². The van der Waals surface area contributed by atoms with Gasteiger partial charge in [0.1, 0.15) is 11.2 Å². The minimum absolute atomic E-state index is 0.865. The quantitative estimate of drug-likeness (QED) is 0.172. The van der Waals surface area contributed by atoms with E-state index in [1.165, 1.54) is 43.7 Å². The third-order valence-electron chi connectivity index (χ3n) is 10.9. The number of anilines is 3. The highest BCUT2D eigenvalue weighted by Crippen LogP contribution is 2.42. The second-order valence-electron chi connectivity index (χ2n) is 14.2. The van der Waals surface area contributed by atoms with Crippen LogP contribution in [0.15, 0.2) is 211 Å². The lowest BCUT2D eigenvalue weighted by Crippen LogP contribution is -2.10. The molecule has 0 aliphatic rings. The van der Waals surface area contributed by atoms with Crippen molar-refractivity contribution in [2.75, 3.05) is 4.90 Å². The molecule has 0 amide bonds. The van der Waals surface area contributed by atoms with Crippen LogP contribution in [0, 0.1) is 0 Å². The van der Waals surface area contributed by atoms with Crippen LogP contribution in [0.4, 0.5) is 17.1 Å². The maximum atomic E-state index is 6.43. The first-order chi connectivity index (χ1) is 27.3. The highest BCUT2D eigenvalue weighted by atomic mass is 16.3. The Kier molecular flexibility index (Phi) is 7.17. The number of para-hydroxylation sites is 3. The predicted octanol–water partition coefficient (Wildman–Crippen LogP) is 14.6. The third kappa shape index (κ3) is 5.20. The first-order valence-corrected chi connectivity index (χ1v) is 18.8. The molecular weight excluding hydrogens is 669 g/mol. The molecule has 3 nitrogen and oxygen atoms in total. The molecule has 55 heavy (non-hydrogen) atoms. The normalized spacial score (nSPS) is 11.6. The fourth-order valence-electron chi connectivity index (χ4n) is 8.43. The number of benzene rings is 9. The summed E-state index contributed by atoms with van der Waals surface area (Å²) in [4.78, 5) is 2.35. The van der Waals surface area contributed by atoms with Gasteiger partial charge in [-0.05, 0) is 99.8 Å². The summed E-state index contributed by atoms with van der Waals surface area (Å²) < 4.78 is 8.84. The van der Waals surface area contributed by atoms with Gasteiger partial charge in [-0.2, -0.15) is 0 Å². The Labute approximate surface area is 318 Å². The molecule has 0 bridgehead atoms. The molecule has 0 unspecified atom stereocenters. The summed E-state index contributed by atoms with van der Waals surface area (Å²) >= 11 is 0. The van der Waals surface area contributed by atoms with Gasteiger partial charge < -0.3 is 13.9 Å². The molecule has 0 aliphatic heterocycles. The van der Waals surface area contributed by atoms with Gasteiger partial charge in [0.15, 0.2) is 0 Å². The summed E-state index contributed by atoms with van der Waals surface area (Å²) in [5.74, 6) is 0. The van der Waals surface area contributed by atoms with Crippen molar-refractivity contribution in [2.45, 2.75) is 0 Å². The van der Waals surface area contributed by atoms with Crippen LogP contribution < -0.4 is 4.90 Å². The largest absolute Gasteiger partial charge is 0.456 e. The Morgan fingerprint density at radius 1 is 0.345 bits per heavy atom. The van der Waals surface area contributed by atoms with E-state index < -0.39 is 0 Å². The van der Waals surface area contributed by atoms with E-state index in [2.05, 4.69) is 204 Å². The zero-order valence-corrected chi connectivity index (χ0v) is 29.9. The van der Waals surface area contributed by atoms with Crippen molar-refractivity contribution in [3.05, 3.63) is 206 Å². The Balaban J connectivity index is 1.12. The van der Waals surface area contributed by atoms with Crippen LogP contribution in [0.5, 0.6) is 0 Å². The molecule has 258 valence electrons. The summed E-state index contributed by atoms with van der Waals surface area (Å²) in [6, 6.07) is 74.0. The van der Waals surface area contributed by atoms with Crippen LogP contribution in [0.25, 0.3) is 82.5 Å². The van der Waals surface area contributed by atoms with Crippen molar-refractivity contribution >= 4 is 71.6 Å². The molecule has 0 radical (unpaired) electrons. The lowest BCUT2D eigenvalue weighted by molar-refractivity contribution is 0.669. The molecule has 3 heteroatoms. The van der Waals surface area contributed by atoms with E-state index in [9.17, 15) is 0 Å². The van der Waals surface area contributed by atoms with Crippen LogP contribution >= 0.6 is 0 Å². The SMILES string of the molecule is c1ccc(-c2cccc(N(c3cccc(-c4cc(-n5c6ccccc6c6ccccc65)cc5ccccc45)c3)c3ccc4c(c3)oc3ccccc34)c2)cc1. The van der Waals surface area contributed by atoms with Gasteiger partial charge in [0.05, 0.1) is 11.0 Å². The van der Waals surface area contributed by atoms with Crippen molar-refractivity contribution in [3.8, 4) is 27.9 Å². The highest BCUT2D eigenvalue weighted by molar-refractivity contribution is 6.10. The van der Waals surface area contributed by atoms with Crippen LogP contribution in [0.2, 0.25) is 0 Å². The molecule has 0 N–H and O–H groups in total. The maximum Gasteiger partial charge on any atom is 0.137 e. The first kappa shape index (κ1) is 31.2. The topological polar surface area (TPSA) is 21.3 Å². The Hall–Kier alpha value is -7.36. The smallest absolute Gasteiger partial charge is 0.137 e. The summed E-state index contributed by atoms with van der Waals surface area (Å²) in [5, 5.41) is 7.16. The van der Waals surface area contributed by atoms with E-state index in [4.69, 9.17) is 4.42 Å². The molecule has 11 rings (SSSR count). The lowest BCUT2D eigenvalue weighted by Gasteiger charge is -2.26. The van der Waals surface area contributed by atoms with Crippen molar-refractivity contribution in [2.24, 2.45) is 0 Å². The van der Waals surface area contributed by atoms with Gasteiger partial charge in [-0.3, -0.25) is 0 Å². The summed E-state index contributed by atoms with van der Waals surface area (Å²) in [6.07, 6.45) is 0. The van der Waals surface area contributed by atoms with Gasteiger partial charge >= 0.3 is 0 Å². The van der Waals surface area contributed by atoms with Gasteiger partial charge in [-0.25, -0.2) is 0 Å². The molecule has 0 fully saturated rings. The predicted molar refractivity (Wildman–Crippen MR) is 231 cm³/mol. The van der Waals surface area contributed by atoms with E-state index >= 15 is 0 Å². The van der Waals surface area contributed by atoms with Crippen LogP contribution in [-0.4, -0.2) is 4.57 Å². The van der Waals surface area contributed by atoms with Crippen molar-refractivity contribution in [3.63, 3.8) is 0 Å². The minimum Gasteiger partial charge on any atom is -0.456 e. The molecule has 2 heterocycles. The van der Waals surface area contributed by atoms with E-state index in [1.807, 2.05) is 12.1 Å². The highest BCUT2D eigenvalue weighted by Gasteiger charge is 2.19.